The number of carbonyl (C=O) groups is 1. The molecule has 0 heterocycles. The first-order valence-electron chi connectivity index (χ1n) is 6.68. The largest absolute Gasteiger partial charge is 0.460 e. The number of benzene rings is 1. The molecule has 1 aliphatic rings. The van der Waals surface area contributed by atoms with Crippen molar-refractivity contribution in [1.29, 1.82) is 0 Å². The van der Waals surface area contributed by atoms with Crippen LogP contribution in [0.1, 0.15) is 26.3 Å². The van der Waals surface area contributed by atoms with E-state index in [0.717, 1.165) is 12.1 Å². The summed E-state index contributed by atoms with van der Waals surface area (Å²) in [7, 11) is 0. The third-order valence-electron chi connectivity index (χ3n) is 3.99. The predicted octanol–water partition coefficient (Wildman–Crippen LogP) is 4.15. The summed E-state index contributed by atoms with van der Waals surface area (Å²) in [4.78, 5) is 12.0. The zero-order valence-corrected chi connectivity index (χ0v) is 12.1. The van der Waals surface area contributed by atoms with Crippen molar-refractivity contribution in [1.82, 2.24) is 0 Å². The van der Waals surface area contributed by atoms with Crippen LogP contribution in [0.15, 0.2) is 30.1 Å². The van der Waals surface area contributed by atoms with Crippen molar-refractivity contribution in [2.75, 3.05) is 0 Å². The number of hydrogen-bond acceptors (Lipinski definition) is 2. The van der Waals surface area contributed by atoms with E-state index < -0.39 is 35.5 Å². The van der Waals surface area contributed by atoms with Crippen molar-refractivity contribution >= 4 is 5.97 Å². The van der Waals surface area contributed by atoms with Gasteiger partial charge in [0.25, 0.3) is 0 Å². The summed E-state index contributed by atoms with van der Waals surface area (Å²) in [6.07, 6.45) is 1.38. The lowest BCUT2D eigenvalue weighted by Crippen LogP contribution is -2.12. The molecule has 2 rings (SSSR count). The number of ether oxygens (including phenoxy) is 1. The minimum Gasteiger partial charge on any atom is -0.460 e. The maximum absolute atomic E-state index is 13.4. The Morgan fingerprint density at radius 1 is 1.33 bits per heavy atom. The van der Waals surface area contributed by atoms with Gasteiger partial charge in [0, 0.05) is 0 Å². The van der Waals surface area contributed by atoms with Crippen LogP contribution >= 0.6 is 0 Å². The van der Waals surface area contributed by atoms with E-state index in [2.05, 4.69) is 0 Å². The van der Waals surface area contributed by atoms with Gasteiger partial charge in [0.2, 0.25) is 0 Å². The van der Waals surface area contributed by atoms with Crippen LogP contribution in [0.4, 0.5) is 13.2 Å². The van der Waals surface area contributed by atoms with E-state index in [-0.39, 0.29) is 17.3 Å². The van der Waals surface area contributed by atoms with E-state index >= 15 is 0 Å². The van der Waals surface area contributed by atoms with Crippen LogP contribution in [0.25, 0.3) is 0 Å². The van der Waals surface area contributed by atoms with Gasteiger partial charge in [-0.1, -0.05) is 19.9 Å². The lowest BCUT2D eigenvalue weighted by Gasteiger charge is -2.07. The summed E-state index contributed by atoms with van der Waals surface area (Å²) < 4.78 is 44.8. The number of esters is 1. The van der Waals surface area contributed by atoms with Gasteiger partial charge < -0.3 is 4.74 Å². The van der Waals surface area contributed by atoms with Crippen LogP contribution in [0.5, 0.6) is 0 Å². The monoisotopic (exact) mass is 298 g/mol. The van der Waals surface area contributed by atoms with Crippen LogP contribution in [0.2, 0.25) is 0 Å². The van der Waals surface area contributed by atoms with Crippen LogP contribution in [0.3, 0.4) is 0 Å². The fraction of sp³-hybridized carbons (Fsp3) is 0.438. The number of halogens is 3. The molecule has 0 N–H and O–H groups in total. The highest BCUT2D eigenvalue weighted by atomic mass is 19.1. The molecule has 1 aromatic rings. The molecule has 0 bridgehead atoms. The molecule has 0 aromatic heterocycles. The standard InChI is InChI=1S/C16H17F3O2/c1-9(17)7-11-14(16(11,2)3)15(20)21-8-10-12(18)5-4-6-13(10)19/h4-7,11,14H,8H2,1-3H3/b9-7-/t11?,14-/m0/s1. The second-order valence-corrected chi connectivity index (χ2v) is 5.89. The van der Waals surface area contributed by atoms with E-state index in [0.29, 0.717) is 0 Å². The highest BCUT2D eigenvalue weighted by molar-refractivity contribution is 5.78. The molecule has 114 valence electrons. The van der Waals surface area contributed by atoms with E-state index in [1.165, 1.54) is 19.1 Å². The van der Waals surface area contributed by atoms with Crippen molar-refractivity contribution in [3.05, 3.63) is 47.3 Å². The lowest BCUT2D eigenvalue weighted by atomic mass is 10.1. The molecule has 1 fully saturated rings. The smallest absolute Gasteiger partial charge is 0.310 e. The Balaban J connectivity index is 2.02. The Kier molecular flexibility index (Phi) is 4.12. The van der Waals surface area contributed by atoms with Crippen molar-refractivity contribution < 1.29 is 22.7 Å². The molecule has 1 saturated carbocycles. The second kappa shape index (κ2) is 5.54. The highest BCUT2D eigenvalue weighted by Crippen LogP contribution is 2.59. The van der Waals surface area contributed by atoms with Gasteiger partial charge in [0.15, 0.2) is 0 Å². The van der Waals surface area contributed by atoms with E-state index in [9.17, 15) is 18.0 Å². The molecular formula is C16H17F3O2. The van der Waals surface area contributed by atoms with Gasteiger partial charge in [-0.15, -0.1) is 0 Å². The van der Waals surface area contributed by atoms with Crippen LogP contribution in [-0.4, -0.2) is 5.97 Å². The van der Waals surface area contributed by atoms with E-state index in [1.807, 2.05) is 13.8 Å². The van der Waals surface area contributed by atoms with Crippen LogP contribution in [-0.2, 0) is 16.1 Å². The first kappa shape index (κ1) is 15.6. The molecule has 0 spiro atoms. The molecule has 21 heavy (non-hydrogen) atoms. The summed E-state index contributed by atoms with van der Waals surface area (Å²) in [5.74, 6) is -3.17. The molecule has 1 aromatic carbocycles. The number of allylic oxidation sites excluding steroid dienone is 2. The van der Waals surface area contributed by atoms with Gasteiger partial charge in [0.1, 0.15) is 18.2 Å². The average molecular weight is 298 g/mol. The zero-order valence-electron chi connectivity index (χ0n) is 12.1. The normalized spacial score (nSPS) is 23.8. The Morgan fingerprint density at radius 3 is 2.43 bits per heavy atom. The fourth-order valence-corrected chi connectivity index (χ4v) is 2.59. The van der Waals surface area contributed by atoms with Gasteiger partial charge in [-0.2, -0.15) is 0 Å². The number of carbonyl (C=O) groups excluding carboxylic acids is 1. The van der Waals surface area contributed by atoms with Crippen LogP contribution in [0, 0.1) is 28.9 Å². The third-order valence-corrected chi connectivity index (χ3v) is 3.99. The lowest BCUT2D eigenvalue weighted by molar-refractivity contribution is -0.147. The minimum absolute atomic E-state index is 0.250. The van der Waals surface area contributed by atoms with Crippen molar-refractivity contribution in [3.8, 4) is 0 Å². The van der Waals surface area contributed by atoms with Gasteiger partial charge in [0.05, 0.1) is 17.3 Å². The SMILES string of the molecule is C/C(F)=C/C1[C@@H](C(=O)OCc2c(F)cccc2F)C1(C)C. The highest BCUT2D eigenvalue weighted by Gasteiger charge is 2.61. The first-order chi connectivity index (χ1) is 9.75. The zero-order chi connectivity index (χ0) is 15.8. The molecule has 0 amide bonds. The number of rotatable bonds is 4. The molecule has 2 nitrogen and oxygen atoms in total. The van der Waals surface area contributed by atoms with Gasteiger partial charge in [-0.3, -0.25) is 4.79 Å². The van der Waals surface area contributed by atoms with E-state index in [4.69, 9.17) is 4.74 Å². The molecule has 1 unspecified atom stereocenters. The Hall–Kier alpha value is -1.78. The quantitative estimate of drug-likeness (QED) is 0.780. The maximum Gasteiger partial charge on any atom is 0.310 e. The molecule has 0 radical (unpaired) electrons. The fourth-order valence-electron chi connectivity index (χ4n) is 2.59. The van der Waals surface area contributed by atoms with E-state index in [1.54, 1.807) is 0 Å². The maximum atomic E-state index is 13.4. The van der Waals surface area contributed by atoms with Gasteiger partial charge >= 0.3 is 5.97 Å². The van der Waals surface area contributed by atoms with Gasteiger partial charge in [-0.25, -0.2) is 13.2 Å². The molecule has 0 aliphatic heterocycles. The second-order valence-electron chi connectivity index (χ2n) is 5.89. The molecular weight excluding hydrogens is 281 g/mol. The third kappa shape index (κ3) is 3.12. The van der Waals surface area contributed by atoms with Crippen molar-refractivity contribution in [2.24, 2.45) is 17.3 Å². The number of hydrogen-bond donors (Lipinski definition) is 0. The summed E-state index contributed by atoms with van der Waals surface area (Å²) in [5.41, 5.74) is -0.684. The summed E-state index contributed by atoms with van der Waals surface area (Å²) in [6, 6.07) is 3.45. The van der Waals surface area contributed by atoms with Crippen LogP contribution < -0.4 is 0 Å². The Morgan fingerprint density at radius 2 is 1.90 bits per heavy atom. The molecule has 1 aliphatic carbocycles. The molecule has 2 atom stereocenters. The predicted molar refractivity (Wildman–Crippen MR) is 71.8 cm³/mol. The van der Waals surface area contributed by atoms with Gasteiger partial charge in [-0.05, 0) is 36.5 Å². The first-order valence-corrected chi connectivity index (χ1v) is 6.68. The minimum atomic E-state index is -0.756. The van der Waals surface area contributed by atoms with Crippen molar-refractivity contribution in [2.45, 2.75) is 27.4 Å². The Labute approximate surface area is 121 Å². The molecule has 5 heteroatoms. The average Bonchev–Trinajstić information content (AvgIpc) is 2.89. The summed E-state index contributed by atoms with van der Waals surface area (Å²) in [6.45, 7) is 4.50. The molecule has 0 saturated heterocycles. The summed E-state index contributed by atoms with van der Waals surface area (Å²) in [5, 5.41) is 0. The summed E-state index contributed by atoms with van der Waals surface area (Å²) >= 11 is 0. The van der Waals surface area contributed by atoms with Crippen molar-refractivity contribution in [3.63, 3.8) is 0 Å². The Bertz CT molecular complexity index is 569. The topological polar surface area (TPSA) is 26.3 Å².